The van der Waals surface area contributed by atoms with Crippen LogP contribution >= 0.6 is 0 Å². The lowest BCUT2D eigenvalue weighted by Gasteiger charge is -2.30. The molecule has 0 bridgehead atoms. The van der Waals surface area contributed by atoms with Crippen LogP contribution in [0.25, 0.3) is 0 Å². The van der Waals surface area contributed by atoms with Crippen molar-refractivity contribution in [2.75, 3.05) is 0 Å². The second-order valence-electron chi connectivity index (χ2n) is 7.31. The van der Waals surface area contributed by atoms with Gasteiger partial charge in [0.1, 0.15) is 0 Å². The van der Waals surface area contributed by atoms with E-state index < -0.39 is 27.2 Å². The summed E-state index contributed by atoms with van der Waals surface area (Å²) < 4.78 is 0. The summed E-state index contributed by atoms with van der Waals surface area (Å²) in [5.41, 5.74) is -1.66. The van der Waals surface area contributed by atoms with Crippen molar-refractivity contribution in [2.24, 2.45) is 5.41 Å². The third-order valence-electron chi connectivity index (χ3n) is 5.18. The molecule has 2 N–H and O–H groups in total. The molecular formula is C21H22N2O8. The van der Waals surface area contributed by atoms with Crippen LogP contribution in [0, 0.1) is 25.6 Å². The van der Waals surface area contributed by atoms with Gasteiger partial charge in [-0.25, -0.2) is 0 Å². The Morgan fingerprint density at radius 2 is 1.26 bits per heavy atom. The summed E-state index contributed by atoms with van der Waals surface area (Å²) in [5, 5.41) is 41.8. The van der Waals surface area contributed by atoms with Crippen molar-refractivity contribution in [2.45, 2.75) is 38.5 Å². The van der Waals surface area contributed by atoms with E-state index in [9.17, 15) is 34.9 Å². The SMILES string of the molecule is O=C(O)CCCCC(Cc1ccccc1[N+](=O)[O-])(Cc1ccccc1[N+](=O)[O-])C(=O)O. The quantitative estimate of drug-likeness (QED) is 0.290. The number of nitrogens with zero attached hydrogens (tertiary/aromatic N) is 2. The van der Waals surface area contributed by atoms with Crippen LogP contribution in [0.2, 0.25) is 0 Å². The number of carboxylic acid groups (broad SMARTS) is 2. The second-order valence-corrected chi connectivity index (χ2v) is 7.31. The average Bonchev–Trinajstić information content (AvgIpc) is 2.71. The number of unbranched alkanes of at least 4 members (excludes halogenated alkanes) is 1. The monoisotopic (exact) mass is 430 g/mol. The highest BCUT2D eigenvalue weighted by Crippen LogP contribution is 2.38. The van der Waals surface area contributed by atoms with Gasteiger partial charge in [-0.3, -0.25) is 29.8 Å². The van der Waals surface area contributed by atoms with Gasteiger partial charge < -0.3 is 10.2 Å². The average molecular weight is 430 g/mol. The van der Waals surface area contributed by atoms with Gasteiger partial charge in [0.2, 0.25) is 0 Å². The molecule has 0 aromatic heterocycles. The van der Waals surface area contributed by atoms with Crippen molar-refractivity contribution in [3.63, 3.8) is 0 Å². The lowest BCUT2D eigenvalue weighted by molar-refractivity contribution is -0.385. The van der Waals surface area contributed by atoms with E-state index in [-0.39, 0.29) is 61.0 Å². The smallest absolute Gasteiger partial charge is 0.310 e. The largest absolute Gasteiger partial charge is 0.481 e. The Balaban J connectivity index is 2.49. The number of nitro benzene ring substituents is 2. The van der Waals surface area contributed by atoms with Gasteiger partial charge in [0.05, 0.1) is 15.3 Å². The van der Waals surface area contributed by atoms with Gasteiger partial charge in [-0.05, 0) is 25.7 Å². The maximum atomic E-state index is 12.5. The van der Waals surface area contributed by atoms with Gasteiger partial charge in [0.25, 0.3) is 11.4 Å². The third kappa shape index (κ3) is 6.08. The maximum absolute atomic E-state index is 12.5. The van der Waals surface area contributed by atoms with E-state index in [0.717, 1.165) is 0 Å². The molecule has 0 heterocycles. The highest BCUT2D eigenvalue weighted by atomic mass is 16.6. The molecule has 0 amide bonds. The van der Waals surface area contributed by atoms with E-state index in [4.69, 9.17) is 5.11 Å². The fraction of sp³-hybridized carbons (Fsp3) is 0.333. The standard InChI is InChI=1S/C21H22N2O8/c24-19(25)11-5-6-12-21(20(26)27,13-15-7-1-3-9-17(15)22(28)29)14-16-8-2-4-10-18(16)23(30)31/h1-4,7-10H,5-6,11-14H2,(H,24,25)(H,26,27). The molecule has 0 unspecified atom stereocenters. The molecule has 0 fully saturated rings. The molecule has 2 aromatic carbocycles. The number of para-hydroxylation sites is 2. The van der Waals surface area contributed by atoms with Crippen LogP contribution in [0.5, 0.6) is 0 Å². The van der Waals surface area contributed by atoms with Crippen molar-refractivity contribution in [1.82, 2.24) is 0 Å². The van der Waals surface area contributed by atoms with Crippen molar-refractivity contribution in [3.05, 3.63) is 79.9 Å². The Labute approximate surface area is 177 Å². The van der Waals surface area contributed by atoms with Crippen LogP contribution in [0.1, 0.15) is 36.8 Å². The zero-order chi connectivity index (χ0) is 23.0. The van der Waals surface area contributed by atoms with Crippen LogP contribution in [0.15, 0.2) is 48.5 Å². The first kappa shape index (κ1) is 23.5. The molecule has 0 radical (unpaired) electrons. The summed E-state index contributed by atoms with van der Waals surface area (Å²) in [6.45, 7) is 0. The molecule has 0 saturated carbocycles. The number of rotatable bonds is 12. The fourth-order valence-electron chi connectivity index (χ4n) is 3.64. The minimum absolute atomic E-state index is 0.00765. The number of benzene rings is 2. The molecule has 0 atom stereocenters. The molecule has 2 rings (SSSR count). The van der Waals surface area contributed by atoms with Gasteiger partial charge in [0.15, 0.2) is 0 Å². The first-order valence-corrected chi connectivity index (χ1v) is 9.56. The minimum atomic E-state index is -1.59. The van der Waals surface area contributed by atoms with Crippen LogP contribution in [-0.4, -0.2) is 32.0 Å². The zero-order valence-corrected chi connectivity index (χ0v) is 16.6. The molecule has 0 aliphatic rings. The van der Waals surface area contributed by atoms with Crippen LogP contribution in [0.3, 0.4) is 0 Å². The third-order valence-corrected chi connectivity index (χ3v) is 5.18. The van der Waals surface area contributed by atoms with Gasteiger partial charge in [-0.15, -0.1) is 0 Å². The van der Waals surface area contributed by atoms with Crippen molar-refractivity contribution < 1.29 is 29.6 Å². The predicted octanol–water partition coefficient (Wildman–Crippen LogP) is 4.00. The summed E-state index contributed by atoms with van der Waals surface area (Å²) in [6.07, 6.45) is -0.129. The first-order chi connectivity index (χ1) is 14.7. The molecule has 31 heavy (non-hydrogen) atoms. The Hall–Kier alpha value is -3.82. The molecule has 2 aromatic rings. The number of carbonyl (C=O) groups is 2. The Kier molecular flexibility index (Phi) is 7.78. The Bertz CT molecular complexity index is 929. The molecule has 10 heteroatoms. The minimum Gasteiger partial charge on any atom is -0.481 e. The van der Waals surface area contributed by atoms with E-state index in [1.807, 2.05) is 0 Å². The topological polar surface area (TPSA) is 161 Å². The van der Waals surface area contributed by atoms with Crippen LogP contribution < -0.4 is 0 Å². The molecule has 0 saturated heterocycles. The molecular weight excluding hydrogens is 408 g/mol. The highest BCUT2D eigenvalue weighted by Gasteiger charge is 2.41. The summed E-state index contributed by atoms with van der Waals surface area (Å²) in [7, 11) is 0. The summed E-state index contributed by atoms with van der Waals surface area (Å²) in [5.74, 6) is -2.27. The number of carboxylic acids is 2. The second kappa shape index (κ2) is 10.3. The number of aliphatic carboxylic acids is 2. The van der Waals surface area contributed by atoms with Gasteiger partial charge in [-0.2, -0.15) is 0 Å². The van der Waals surface area contributed by atoms with Gasteiger partial charge >= 0.3 is 11.9 Å². The summed E-state index contributed by atoms with van der Waals surface area (Å²) >= 11 is 0. The van der Waals surface area contributed by atoms with Crippen molar-refractivity contribution >= 4 is 23.3 Å². The first-order valence-electron chi connectivity index (χ1n) is 9.56. The maximum Gasteiger partial charge on any atom is 0.310 e. The van der Waals surface area contributed by atoms with E-state index >= 15 is 0 Å². The lowest BCUT2D eigenvalue weighted by Crippen LogP contribution is -2.36. The summed E-state index contributed by atoms with van der Waals surface area (Å²) in [6, 6.07) is 11.5. The lowest BCUT2D eigenvalue weighted by atomic mass is 9.72. The molecule has 164 valence electrons. The molecule has 0 spiro atoms. The van der Waals surface area contributed by atoms with E-state index in [1.54, 1.807) is 12.1 Å². The molecule has 0 aliphatic carbocycles. The Morgan fingerprint density at radius 1 is 0.806 bits per heavy atom. The van der Waals surface area contributed by atoms with Crippen LogP contribution in [0.4, 0.5) is 11.4 Å². The van der Waals surface area contributed by atoms with Gasteiger partial charge in [-0.1, -0.05) is 42.8 Å². The van der Waals surface area contributed by atoms with Crippen molar-refractivity contribution in [3.8, 4) is 0 Å². The van der Waals surface area contributed by atoms with E-state index in [2.05, 4.69) is 0 Å². The molecule has 10 nitrogen and oxygen atoms in total. The van der Waals surface area contributed by atoms with Gasteiger partial charge in [0, 0.05) is 29.7 Å². The molecule has 0 aliphatic heterocycles. The summed E-state index contributed by atoms with van der Waals surface area (Å²) in [4.78, 5) is 44.9. The fourth-order valence-corrected chi connectivity index (χ4v) is 3.64. The number of hydrogen-bond acceptors (Lipinski definition) is 6. The number of hydrogen-bond donors (Lipinski definition) is 2. The van der Waals surface area contributed by atoms with Crippen molar-refractivity contribution in [1.29, 1.82) is 0 Å². The van der Waals surface area contributed by atoms with E-state index in [1.165, 1.54) is 36.4 Å². The van der Waals surface area contributed by atoms with E-state index in [0.29, 0.717) is 0 Å². The Morgan fingerprint density at radius 3 is 1.65 bits per heavy atom. The van der Waals surface area contributed by atoms with Crippen LogP contribution in [-0.2, 0) is 22.4 Å². The zero-order valence-electron chi connectivity index (χ0n) is 16.6. The number of nitro groups is 2. The normalized spacial score (nSPS) is 11.1. The highest BCUT2D eigenvalue weighted by molar-refractivity contribution is 5.76. The predicted molar refractivity (Wildman–Crippen MR) is 110 cm³/mol.